The molecule has 7 heteroatoms. The number of nitriles is 1. The maximum atomic E-state index is 12.8. The molecule has 0 bridgehead atoms. The molecule has 0 aliphatic heterocycles. The first-order valence-electron chi connectivity index (χ1n) is 10.1. The normalized spacial score (nSPS) is 10.8. The van der Waals surface area contributed by atoms with Gasteiger partial charge in [0.25, 0.3) is 5.91 Å². The van der Waals surface area contributed by atoms with Gasteiger partial charge in [-0.15, -0.1) is 11.3 Å². The number of ether oxygens (including phenoxy) is 2. The lowest BCUT2D eigenvalue weighted by molar-refractivity contribution is -0.112. The second kappa shape index (κ2) is 10.9. The Morgan fingerprint density at radius 1 is 1.06 bits per heavy atom. The second-order valence-corrected chi connectivity index (χ2v) is 7.45. The summed E-state index contributed by atoms with van der Waals surface area (Å²) in [6, 6.07) is 18.4. The van der Waals surface area contributed by atoms with Crippen LogP contribution >= 0.6 is 11.3 Å². The molecule has 0 atom stereocenters. The van der Waals surface area contributed by atoms with Crippen molar-refractivity contribution in [3.05, 3.63) is 76.7 Å². The van der Waals surface area contributed by atoms with Crippen molar-refractivity contribution in [1.82, 2.24) is 0 Å². The van der Waals surface area contributed by atoms with Crippen LogP contribution < -0.4 is 10.1 Å². The van der Waals surface area contributed by atoms with Crippen LogP contribution in [0.4, 0.5) is 5.00 Å². The Bertz CT molecular complexity index is 1160. The predicted molar refractivity (Wildman–Crippen MR) is 126 cm³/mol. The Balaban J connectivity index is 1.89. The first-order chi connectivity index (χ1) is 15.6. The topological polar surface area (TPSA) is 88.4 Å². The number of nitrogens with one attached hydrogen (secondary N) is 1. The fraction of sp³-hybridized carbons (Fsp3) is 0.160. The zero-order valence-electron chi connectivity index (χ0n) is 17.8. The minimum atomic E-state index is -0.603. The summed E-state index contributed by atoms with van der Waals surface area (Å²) in [5, 5.41) is 14.4. The van der Waals surface area contributed by atoms with Gasteiger partial charge in [0, 0.05) is 10.9 Å². The molecule has 1 N–H and O–H groups in total. The Morgan fingerprint density at radius 2 is 1.78 bits per heavy atom. The number of rotatable bonds is 8. The number of nitrogens with zero attached hydrogens (tertiary/aromatic N) is 1. The maximum Gasteiger partial charge on any atom is 0.341 e. The highest BCUT2D eigenvalue weighted by molar-refractivity contribution is 7.15. The van der Waals surface area contributed by atoms with Crippen molar-refractivity contribution in [2.24, 2.45) is 0 Å². The molecule has 0 aliphatic rings. The van der Waals surface area contributed by atoms with Crippen molar-refractivity contribution in [3.8, 4) is 22.9 Å². The minimum Gasteiger partial charge on any atom is -0.494 e. The van der Waals surface area contributed by atoms with Gasteiger partial charge < -0.3 is 14.8 Å². The fourth-order valence-electron chi connectivity index (χ4n) is 3.00. The third-order valence-corrected chi connectivity index (χ3v) is 5.35. The highest BCUT2D eigenvalue weighted by Crippen LogP contribution is 2.36. The van der Waals surface area contributed by atoms with Crippen LogP contribution in [0.2, 0.25) is 0 Å². The first kappa shape index (κ1) is 22.8. The number of thiophene rings is 1. The van der Waals surface area contributed by atoms with Crippen LogP contribution in [0.3, 0.4) is 0 Å². The van der Waals surface area contributed by atoms with E-state index in [1.54, 1.807) is 36.6 Å². The average Bonchev–Trinajstić information content (AvgIpc) is 3.23. The van der Waals surface area contributed by atoms with Gasteiger partial charge in [-0.05, 0) is 43.2 Å². The summed E-state index contributed by atoms with van der Waals surface area (Å²) in [6.07, 6.45) is 1.49. The van der Waals surface area contributed by atoms with Crippen molar-refractivity contribution in [1.29, 1.82) is 5.26 Å². The highest BCUT2D eigenvalue weighted by atomic mass is 32.1. The van der Waals surface area contributed by atoms with Crippen LogP contribution in [-0.2, 0) is 9.53 Å². The zero-order chi connectivity index (χ0) is 22.9. The van der Waals surface area contributed by atoms with E-state index in [1.165, 1.54) is 17.4 Å². The Morgan fingerprint density at radius 3 is 2.41 bits per heavy atom. The molecule has 0 saturated carbocycles. The summed E-state index contributed by atoms with van der Waals surface area (Å²) < 4.78 is 10.6. The number of carbonyl (C=O) groups excluding carboxylic acids is 2. The number of hydrogen-bond acceptors (Lipinski definition) is 6. The van der Waals surface area contributed by atoms with E-state index in [-0.39, 0.29) is 17.7 Å². The molecule has 0 unspecified atom stereocenters. The summed E-state index contributed by atoms with van der Waals surface area (Å²) in [5.41, 5.74) is 2.37. The predicted octanol–water partition coefficient (Wildman–Crippen LogP) is 5.54. The van der Waals surface area contributed by atoms with E-state index in [1.807, 2.05) is 43.3 Å². The molecule has 2 aromatic carbocycles. The smallest absolute Gasteiger partial charge is 0.341 e. The van der Waals surface area contributed by atoms with Gasteiger partial charge in [-0.1, -0.05) is 42.5 Å². The molecule has 1 amide bonds. The molecular formula is C25H22N2O4S. The van der Waals surface area contributed by atoms with E-state index in [4.69, 9.17) is 9.47 Å². The fourth-order valence-corrected chi connectivity index (χ4v) is 3.95. The largest absolute Gasteiger partial charge is 0.494 e. The Kier molecular flexibility index (Phi) is 7.79. The van der Waals surface area contributed by atoms with Gasteiger partial charge in [0.05, 0.1) is 13.2 Å². The molecule has 0 spiro atoms. The van der Waals surface area contributed by atoms with Crippen LogP contribution in [0, 0.1) is 11.3 Å². The molecule has 6 nitrogen and oxygen atoms in total. The van der Waals surface area contributed by atoms with Gasteiger partial charge in [-0.25, -0.2) is 4.79 Å². The van der Waals surface area contributed by atoms with Crippen molar-refractivity contribution >= 4 is 34.3 Å². The molecular weight excluding hydrogens is 424 g/mol. The second-order valence-electron chi connectivity index (χ2n) is 6.57. The molecule has 0 aliphatic carbocycles. The van der Waals surface area contributed by atoms with Crippen LogP contribution in [-0.4, -0.2) is 25.1 Å². The molecule has 1 heterocycles. The van der Waals surface area contributed by atoms with Crippen molar-refractivity contribution in [2.45, 2.75) is 13.8 Å². The Labute approximate surface area is 190 Å². The van der Waals surface area contributed by atoms with E-state index >= 15 is 0 Å². The van der Waals surface area contributed by atoms with E-state index in [0.717, 1.165) is 5.56 Å². The zero-order valence-corrected chi connectivity index (χ0v) is 18.6. The SMILES string of the molecule is CCOC(=O)c1c(-c2ccccc2)csc1NC(=O)/C(C#N)=C\c1ccc(OCC)cc1. The van der Waals surface area contributed by atoms with Gasteiger partial charge in [0.1, 0.15) is 28.0 Å². The highest BCUT2D eigenvalue weighted by Gasteiger charge is 2.23. The summed E-state index contributed by atoms with van der Waals surface area (Å²) >= 11 is 1.21. The van der Waals surface area contributed by atoms with Crippen molar-refractivity contribution < 1.29 is 19.1 Å². The van der Waals surface area contributed by atoms with Gasteiger partial charge >= 0.3 is 5.97 Å². The summed E-state index contributed by atoms with van der Waals surface area (Å²) in [7, 11) is 0. The maximum absolute atomic E-state index is 12.8. The summed E-state index contributed by atoms with van der Waals surface area (Å²) in [4.78, 5) is 25.5. The van der Waals surface area contributed by atoms with Gasteiger partial charge in [0.15, 0.2) is 0 Å². The van der Waals surface area contributed by atoms with E-state index in [2.05, 4.69) is 5.32 Å². The number of hydrogen-bond donors (Lipinski definition) is 1. The first-order valence-corrected chi connectivity index (χ1v) is 10.9. The quantitative estimate of drug-likeness (QED) is 0.279. The molecule has 32 heavy (non-hydrogen) atoms. The number of esters is 1. The molecule has 1 aromatic heterocycles. The standard InChI is InChI=1S/C25H22N2O4S/c1-3-30-20-12-10-17(11-13-20)14-19(15-26)23(28)27-24-22(25(29)31-4-2)21(16-32-24)18-8-6-5-7-9-18/h5-14,16H,3-4H2,1-2H3,(H,27,28)/b19-14-. The summed E-state index contributed by atoms with van der Waals surface area (Å²) in [6.45, 7) is 4.37. The summed E-state index contributed by atoms with van der Waals surface area (Å²) in [5.74, 6) is -0.427. The molecule has 0 radical (unpaired) electrons. The molecule has 3 rings (SSSR count). The van der Waals surface area contributed by atoms with Crippen LogP contribution in [0.5, 0.6) is 5.75 Å². The monoisotopic (exact) mass is 446 g/mol. The van der Waals surface area contributed by atoms with E-state index in [0.29, 0.717) is 28.5 Å². The number of carbonyl (C=O) groups is 2. The van der Waals surface area contributed by atoms with Gasteiger partial charge in [-0.3, -0.25) is 4.79 Å². The average molecular weight is 447 g/mol. The number of amides is 1. The van der Waals surface area contributed by atoms with E-state index in [9.17, 15) is 14.9 Å². The van der Waals surface area contributed by atoms with Crippen LogP contribution in [0.15, 0.2) is 65.6 Å². The van der Waals surface area contributed by atoms with Crippen LogP contribution in [0.1, 0.15) is 29.8 Å². The third-order valence-electron chi connectivity index (χ3n) is 4.45. The molecule has 162 valence electrons. The van der Waals surface area contributed by atoms with Crippen LogP contribution in [0.25, 0.3) is 17.2 Å². The van der Waals surface area contributed by atoms with Crippen molar-refractivity contribution in [2.75, 3.05) is 18.5 Å². The lowest BCUT2D eigenvalue weighted by atomic mass is 10.0. The Hall–Kier alpha value is -3.89. The molecule has 0 fully saturated rings. The number of anilines is 1. The van der Waals surface area contributed by atoms with Gasteiger partial charge in [0.2, 0.25) is 0 Å². The van der Waals surface area contributed by atoms with E-state index < -0.39 is 11.9 Å². The molecule has 3 aromatic rings. The number of benzene rings is 2. The lowest BCUT2D eigenvalue weighted by Crippen LogP contribution is -2.16. The lowest BCUT2D eigenvalue weighted by Gasteiger charge is -2.08. The minimum absolute atomic E-state index is 0.0846. The van der Waals surface area contributed by atoms with Crippen molar-refractivity contribution in [3.63, 3.8) is 0 Å². The van der Waals surface area contributed by atoms with Gasteiger partial charge in [-0.2, -0.15) is 5.26 Å². The molecule has 0 saturated heterocycles. The third kappa shape index (κ3) is 5.42.